The molecule has 1 unspecified atom stereocenters. The number of piperidine rings is 1. The fourth-order valence-electron chi connectivity index (χ4n) is 2.81. The van der Waals surface area contributed by atoms with Gasteiger partial charge in [-0.3, -0.25) is 4.79 Å². The first-order valence-corrected chi connectivity index (χ1v) is 6.29. The lowest BCUT2D eigenvalue weighted by molar-refractivity contribution is -0.154. The summed E-state index contributed by atoms with van der Waals surface area (Å²) in [5.41, 5.74) is -0.534. The van der Waals surface area contributed by atoms with E-state index in [-0.39, 0.29) is 6.10 Å². The van der Waals surface area contributed by atoms with Crippen molar-refractivity contribution >= 4 is 5.97 Å². The molecule has 2 N–H and O–H groups in total. The molecule has 0 aliphatic carbocycles. The second-order valence-electron chi connectivity index (χ2n) is 5.03. The second-order valence-corrected chi connectivity index (χ2v) is 5.03. The van der Waals surface area contributed by atoms with Crippen molar-refractivity contribution in [3.63, 3.8) is 0 Å². The SMILES string of the molecule is O=C(O)C1(CC2CCCCO2)CCNCC1. The molecule has 0 amide bonds. The number of nitrogens with one attached hydrogen (secondary N) is 1. The van der Waals surface area contributed by atoms with Crippen molar-refractivity contribution in [1.82, 2.24) is 5.32 Å². The molecule has 2 aliphatic heterocycles. The summed E-state index contributed by atoms with van der Waals surface area (Å²) in [6, 6.07) is 0. The van der Waals surface area contributed by atoms with E-state index >= 15 is 0 Å². The monoisotopic (exact) mass is 227 g/mol. The van der Waals surface area contributed by atoms with Crippen LogP contribution in [0.1, 0.15) is 38.5 Å². The van der Waals surface area contributed by atoms with Gasteiger partial charge < -0.3 is 15.2 Å². The zero-order valence-electron chi connectivity index (χ0n) is 9.71. The zero-order chi connectivity index (χ0) is 11.4. The van der Waals surface area contributed by atoms with Crippen LogP contribution in [0.3, 0.4) is 0 Å². The van der Waals surface area contributed by atoms with Crippen molar-refractivity contribution in [2.75, 3.05) is 19.7 Å². The van der Waals surface area contributed by atoms with Crippen LogP contribution in [0.2, 0.25) is 0 Å². The highest BCUT2D eigenvalue weighted by molar-refractivity contribution is 5.74. The van der Waals surface area contributed by atoms with Gasteiger partial charge in [-0.25, -0.2) is 0 Å². The van der Waals surface area contributed by atoms with E-state index in [1.165, 1.54) is 6.42 Å². The molecule has 0 aromatic rings. The largest absolute Gasteiger partial charge is 0.481 e. The van der Waals surface area contributed by atoms with E-state index in [4.69, 9.17) is 4.74 Å². The molecule has 4 heteroatoms. The molecule has 2 saturated heterocycles. The highest BCUT2D eigenvalue weighted by atomic mass is 16.5. The van der Waals surface area contributed by atoms with Crippen LogP contribution >= 0.6 is 0 Å². The quantitative estimate of drug-likeness (QED) is 0.765. The lowest BCUT2D eigenvalue weighted by Gasteiger charge is -2.37. The Balaban J connectivity index is 1.98. The minimum absolute atomic E-state index is 0.169. The molecule has 92 valence electrons. The number of rotatable bonds is 3. The van der Waals surface area contributed by atoms with Gasteiger partial charge >= 0.3 is 5.97 Å². The molecule has 2 rings (SSSR count). The fraction of sp³-hybridized carbons (Fsp3) is 0.917. The molecule has 2 fully saturated rings. The first-order chi connectivity index (χ1) is 7.73. The Hall–Kier alpha value is -0.610. The zero-order valence-corrected chi connectivity index (χ0v) is 9.71. The highest BCUT2D eigenvalue weighted by Crippen LogP contribution is 2.36. The van der Waals surface area contributed by atoms with E-state index in [1.54, 1.807) is 0 Å². The molecule has 16 heavy (non-hydrogen) atoms. The third-order valence-corrected chi connectivity index (χ3v) is 3.91. The maximum atomic E-state index is 11.5. The van der Waals surface area contributed by atoms with Gasteiger partial charge in [0.2, 0.25) is 0 Å². The summed E-state index contributed by atoms with van der Waals surface area (Å²) in [4.78, 5) is 11.5. The van der Waals surface area contributed by atoms with Gasteiger partial charge in [0.25, 0.3) is 0 Å². The second kappa shape index (κ2) is 5.15. The van der Waals surface area contributed by atoms with Gasteiger partial charge in [0, 0.05) is 6.61 Å². The van der Waals surface area contributed by atoms with Gasteiger partial charge in [-0.1, -0.05) is 0 Å². The number of hydrogen-bond donors (Lipinski definition) is 2. The van der Waals surface area contributed by atoms with E-state index in [9.17, 15) is 9.90 Å². The predicted octanol–water partition coefficient (Wildman–Crippen LogP) is 1.40. The normalized spacial score (nSPS) is 29.9. The van der Waals surface area contributed by atoms with Crippen LogP contribution in [0.25, 0.3) is 0 Å². The molecule has 0 aromatic carbocycles. The van der Waals surface area contributed by atoms with E-state index in [0.717, 1.165) is 45.4 Å². The van der Waals surface area contributed by atoms with Crippen molar-refractivity contribution in [3.8, 4) is 0 Å². The van der Waals surface area contributed by atoms with Crippen molar-refractivity contribution in [1.29, 1.82) is 0 Å². The van der Waals surface area contributed by atoms with Crippen LogP contribution in [0.5, 0.6) is 0 Å². The van der Waals surface area contributed by atoms with Gasteiger partial charge in [0.15, 0.2) is 0 Å². The van der Waals surface area contributed by atoms with Crippen molar-refractivity contribution in [2.24, 2.45) is 5.41 Å². The third-order valence-electron chi connectivity index (χ3n) is 3.91. The number of aliphatic carboxylic acids is 1. The molecular weight excluding hydrogens is 206 g/mol. The van der Waals surface area contributed by atoms with Crippen LogP contribution in [-0.4, -0.2) is 36.9 Å². The first kappa shape index (κ1) is 11.9. The minimum atomic E-state index is -0.636. The van der Waals surface area contributed by atoms with Gasteiger partial charge in [0.1, 0.15) is 0 Å². The Morgan fingerprint density at radius 2 is 2.12 bits per heavy atom. The molecule has 2 aliphatic rings. The van der Waals surface area contributed by atoms with Crippen molar-refractivity contribution < 1.29 is 14.6 Å². The summed E-state index contributed by atoms with van der Waals surface area (Å²) < 4.78 is 5.67. The summed E-state index contributed by atoms with van der Waals surface area (Å²) in [6.07, 6.45) is 5.68. The molecule has 4 nitrogen and oxygen atoms in total. The molecule has 0 aromatic heterocycles. The maximum absolute atomic E-state index is 11.5. The van der Waals surface area contributed by atoms with E-state index in [0.29, 0.717) is 6.42 Å². The number of ether oxygens (including phenoxy) is 1. The fourth-order valence-corrected chi connectivity index (χ4v) is 2.81. The Labute approximate surface area is 96.4 Å². The predicted molar refractivity (Wildman–Crippen MR) is 60.4 cm³/mol. The molecule has 2 heterocycles. The number of carboxylic acid groups (broad SMARTS) is 1. The summed E-state index contributed by atoms with van der Waals surface area (Å²) in [5.74, 6) is -0.636. The van der Waals surface area contributed by atoms with Crippen LogP contribution in [-0.2, 0) is 9.53 Å². The highest BCUT2D eigenvalue weighted by Gasteiger charge is 2.41. The molecule has 1 atom stereocenters. The summed E-state index contributed by atoms with van der Waals surface area (Å²) in [7, 11) is 0. The average molecular weight is 227 g/mol. The van der Waals surface area contributed by atoms with Crippen molar-refractivity contribution in [3.05, 3.63) is 0 Å². The number of hydrogen-bond acceptors (Lipinski definition) is 3. The summed E-state index contributed by atoms with van der Waals surface area (Å²) in [6.45, 7) is 2.44. The van der Waals surface area contributed by atoms with Gasteiger partial charge in [-0.05, 0) is 51.6 Å². The Bertz CT molecular complexity index is 243. The van der Waals surface area contributed by atoms with Gasteiger partial charge in [-0.15, -0.1) is 0 Å². The number of carbonyl (C=O) groups is 1. The molecular formula is C12H21NO3. The Morgan fingerprint density at radius 3 is 2.69 bits per heavy atom. The molecule has 0 saturated carbocycles. The van der Waals surface area contributed by atoms with Crippen LogP contribution < -0.4 is 5.32 Å². The van der Waals surface area contributed by atoms with Crippen LogP contribution in [0.4, 0.5) is 0 Å². The van der Waals surface area contributed by atoms with Gasteiger partial charge in [-0.2, -0.15) is 0 Å². The molecule has 0 spiro atoms. The molecule has 0 bridgehead atoms. The van der Waals surface area contributed by atoms with Gasteiger partial charge in [0.05, 0.1) is 11.5 Å². The van der Waals surface area contributed by atoms with E-state index in [1.807, 2.05) is 0 Å². The van der Waals surface area contributed by atoms with Crippen LogP contribution in [0, 0.1) is 5.41 Å². The number of carboxylic acids is 1. The third kappa shape index (κ3) is 2.55. The van der Waals surface area contributed by atoms with E-state index in [2.05, 4.69) is 5.32 Å². The minimum Gasteiger partial charge on any atom is -0.481 e. The summed E-state index contributed by atoms with van der Waals surface area (Å²) in [5, 5.41) is 12.7. The average Bonchev–Trinajstić information content (AvgIpc) is 2.31. The van der Waals surface area contributed by atoms with Crippen molar-refractivity contribution in [2.45, 2.75) is 44.6 Å². The topological polar surface area (TPSA) is 58.6 Å². The standard InChI is InChI=1S/C12H21NO3/c14-11(15)12(4-6-13-7-5-12)9-10-3-1-2-8-16-10/h10,13H,1-9H2,(H,14,15). The first-order valence-electron chi connectivity index (χ1n) is 6.29. The maximum Gasteiger partial charge on any atom is 0.309 e. The Morgan fingerprint density at radius 1 is 1.38 bits per heavy atom. The lowest BCUT2D eigenvalue weighted by atomic mass is 9.74. The molecule has 0 radical (unpaired) electrons. The Kier molecular flexibility index (Phi) is 3.82. The lowest BCUT2D eigenvalue weighted by Crippen LogP contribution is -2.44. The summed E-state index contributed by atoms with van der Waals surface area (Å²) >= 11 is 0. The smallest absolute Gasteiger partial charge is 0.309 e. The van der Waals surface area contributed by atoms with E-state index < -0.39 is 11.4 Å². The van der Waals surface area contributed by atoms with Crippen LogP contribution in [0.15, 0.2) is 0 Å².